The predicted molar refractivity (Wildman–Crippen MR) is 89.2 cm³/mol. The van der Waals surface area contributed by atoms with Crippen LogP contribution in [0.2, 0.25) is 0 Å². The maximum atomic E-state index is 12.2. The highest BCUT2D eigenvalue weighted by Gasteiger charge is 2.16. The number of rotatable bonds is 6. The normalized spacial score (nSPS) is 11.4. The Morgan fingerprint density at radius 2 is 2.00 bits per heavy atom. The lowest BCUT2D eigenvalue weighted by molar-refractivity contribution is -0.120. The van der Waals surface area contributed by atoms with Crippen molar-refractivity contribution < 1.29 is 9.53 Å². The van der Waals surface area contributed by atoms with Gasteiger partial charge in [-0.05, 0) is 44.9 Å². The summed E-state index contributed by atoms with van der Waals surface area (Å²) in [5.41, 5.74) is 1.77. The second kappa shape index (κ2) is 6.81. The van der Waals surface area contributed by atoms with Crippen LogP contribution in [0.1, 0.15) is 40.5 Å². The van der Waals surface area contributed by atoms with Crippen molar-refractivity contribution in [1.82, 2.24) is 9.78 Å². The molecular weight excluding hydrogens is 278 g/mol. The second-order valence-electron chi connectivity index (χ2n) is 5.83. The van der Waals surface area contributed by atoms with Crippen molar-refractivity contribution in [3.05, 3.63) is 18.2 Å². The summed E-state index contributed by atoms with van der Waals surface area (Å²) in [6, 6.07) is 5.79. The van der Waals surface area contributed by atoms with E-state index in [9.17, 15) is 4.79 Å². The van der Waals surface area contributed by atoms with Gasteiger partial charge in [-0.3, -0.25) is 9.48 Å². The molecule has 1 amide bonds. The van der Waals surface area contributed by atoms with Crippen LogP contribution in [0.15, 0.2) is 18.2 Å². The molecule has 0 unspecified atom stereocenters. The monoisotopic (exact) mass is 303 g/mol. The largest absolute Gasteiger partial charge is 0.473 e. The molecule has 0 aliphatic rings. The molecule has 1 aromatic carbocycles. The highest BCUT2D eigenvalue weighted by Crippen LogP contribution is 2.28. The van der Waals surface area contributed by atoms with E-state index in [4.69, 9.17) is 4.74 Å². The van der Waals surface area contributed by atoms with E-state index in [1.54, 1.807) is 4.68 Å². The Morgan fingerprint density at radius 1 is 1.32 bits per heavy atom. The minimum atomic E-state index is 0.0518. The van der Waals surface area contributed by atoms with Crippen LogP contribution < -0.4 is 10.1 Å². The quantitative estimate of drug-likeness (QED) is 0.884. The number of amides is 1. The molecule has 0 spiro atoms. The third-order valence-electron chi connectivity index (χ3n) is 3.79. The lowest BCUT2D eigenvalue weighted by Gasteiger charge is -2.13. The Hall–Kier alpha value is -2.04. The number of nitrogens with zero attached hydrogens (tertiary/aromatic N) is 2. The SMILES string of the molecule is CCC(CC)C(=O)Nc1ccc2c(c1)c(OC(C)C)nn2C. The van der Waals surface area contributed by atoms with E-state index >= 15 is 0 Å². The molecule has 0 atom stereocenters. The topological polar surface area (TPSA) is 56.1 Å². The van der Waals surface area contributed by atoms with E-state index in [0.29, 0.717) is 5.88 Å². The minimum Gasteiger partial charge on any atom is -0.473 e. The summed E-state index contributed by atoms with van der Waals surface area (Å²) in [6.45, 7) is 8.01. The number of hydrogen-bond acceptors (Lipinski definition) is 3. The first kappa shape index (κ1) is 16.3. The summed E-state index contributed by atoms with van der Waals surface area (Å²) in [5.74, 6) is 0.724. The smallest absolute Gasteiger partial charge is 0.241 e. The van der Waals surface area contributed by atoms with Gasteiger partial charge in [0.15, 0.2) is 0 Å². The number of aryl methyl sites for hydroxylation is 1. The Morgan fingerprint density at radius 3 is 2.59 bits per heavy atom. The third kappa shape index (κ3) is 3.40. The fourth-order valence-corrected chi connectivity index (χ4v) is 2.53. The van der Waals surface area contributed by atoms with Crippen LogP contribution in [-0.4, -0.2) is 21.8 Å². The molecule has 0 aliphatic carbocycles. The second-order valence-corrected chi connectivity index (χ2v) is 5.83. The molecule has 0 saturated heterocycles. The van der Waals surface area contributed by atoms with Crippen LogP contribution in [0.25, 0.3) is 10.9 Å². The van der Waals surface area contributed by atoms with Crippen molar-refractivity contribution in [2.45, 2.75) is 46.6 Å². The molecule has 0 fully saturated rings. The average Bonchev–Trinajstić information content (AvgIpc) is 2.75. The fraction of sp³-hybridized carbons (Fsp3) is 0.529. The van der Waals surface area contributed by atoms with Gasteiger partial charge in [0.2, 0.25) is 11.8 Å². The third-order valence-corrected chi connectivity index (χ3v) is 3.79. The summed E-state index contributed by atoms with van der Waals surface area (Å²) in [5, 5.41) is 8.31. The highest BCUT2D eigenvalue weighted by molar-refractivity contribution is 5.96. The molecule has 22 heavy (non-hydrogen) atoms. The van der Waals surface area contributed by atoms with Gasteiger partial charge in [-0.25, -0.2) is 0 Å². The molecule has 120 valence electrons. The van der Waals surface area contributed by atoms with Crippen molar-refractivity contribution in [1.29, 1.82) is 0 Å². The molecule has 0 aliphatic heterocycles. The number of hydrogen-bond donors (Lipinski definition) is 1. The molecule has 0 bridgehead atoms. The number of anilines is 1. The molecular formula is C17H25N3O2. The van der Waals surface area contributed by atoms with Crippen LogP contribution in [-0.2, 0) is 11.8 Å². The van der Waals surface area contributed by atoms with Gasteiger partial charge in [-0.15, -0.1) is 5.10 Å². The minimum absolute atomic E-state index is 0.0518. The summed E-state index contributed by atoms with van der Waals surface area (Å²) >= 11 is 0. The van der Waals surface area contributed by atoms with Crippen molar-refractivity contribution in [2.75, 3.05) is 5.32 Å². The molecule has 1 aromatic heterocycles. The summed E-state index contributed by atoms with van der Waals surface area (Å²) < 4.78 is 7.54. The van der Waals surface area contributed by atoms with Crippen LogP contribution in [0, 0.1) is 5.92 Å². The molecule has 1 heterocycles. The van der Waals surface area contributed by atoms with E-state index in [2.05, 4.69) is 10.4 Å². The zero-order chi connectivity index (χ0) is 16.3. The molecule has 2 rings (SSSR count). The lowest BCUT2D eigenvalue weighted by atomic mass is 10.0. The average molecular weight is 303 g/mol. The molecule has 0 saturated carbocycles. The molecule has 1 N–H and O–H groups in total. The maximum absolute atomic E-state index is 12.2. The number of benzene rings is 1. The van der Waals surface area contributed by atoms with Crippen molar-refractivity contribution >= 4 is 22.5 Å². The Bertz CT molecular complexity index is 657. The summed E-state index contributed by atoms with van der Waals surface area (Å²) in [6.07, 6.45) is 1.75. The Labute approximate surface area is 131 Å². The zero-order valence-corrected chi connectivity index (χ0v) is 14.0. The van der Waals surface area contributed by atoms with Gasteiger partial charge in [0.1, 0.15) is 0 Å². The number of aromatic nitrogens is 2. The maximum Gasteiger partial charge on any atom is 0.241 e. The standard InChI is InChI=1S/C17H25N3O2/c1-6-12(7-2)16(21)18-13-8-9-15-14(10-13)17(19-20(15)5)22-11(3)4/h8-12H,6-7H2,1-5H3,(H,18,21). The first-order valence-electron chi connectivity index (χ1n) is 7.90. The van der Waals surface area contributed by atoms with Crippen LogP contribution >= 0.6 is 0 Å². The first-order chi connectivity index (χ1) is 10.5. The zero-order valence-electron chi connectivity index (χ0n) is 14.0. The molecule has 2 aromatic rings. The Kier molecular flexibility index (Phi) is 5.06. The van der Waals surface area contributed by atoms with Crippen molar-refractivity contribution in [3.63, 3.8) is 0 Å². The van der Waals surface area contributed by atoms with E-state index in [-0.39, 0.29) is 17.9 Å². The van der Waals surface area contributed by atoms with E-state index in [1.807, 2.05) is 52.9 Å². The van der Waals surface area contributed by atoms with Gasteiger partial charge in [0.25, 0.3) is 0 Å². The van der Waals surface area contributed by atoms with Gasteiger partial charge in [-0.1, -0.05) is 13.8 Å². The van der Waals surface area contributed by atoms with E-state index < -0.39 is 0 Å². The first-order valence-corrected chi connectivity index (χ1v) is 7.90. The van der Waals surface area contributed by atoms with Gasteiger partial charge in [0, 0.05) is 18.7 Å². The number of carbonyl (C=O) groups excluding carboxylic acids is 1. The molecule has 0 radical (unpaired) electrons. The van der Waals surface area contributed by atoms with Gasteiger partial charge < -0.3 is 10.1 Å². The van der Waals surface area contributed by atoms with Gasteiger partial charge in [0.05, 0.1) is 17.0 Å². The Balaban J connectivity index is 2.31. The predicted octanol–water partition coefficient (Wildman–Crippen LogP) is 3.74. The molecule has 5 heteroatoms. The molecule has 5 nitrogen and oxygen atoms in total. The van der Waals surface area contributed by atoms with E-state index in [1.165, 1.54) is 0 Å². The van der Waals surface area contributed by atoms with E-state index in [0.717, 1.165) is 29.4 Å². The number of carbonyl (C=O) groups is 1. The van der Waals surface area contributed by atoms with Crippen molar-refractivity contribution in [2.24, 2.45) is 13.0 Å². The van der Waals surface area contributed by atoms with Crippen molar-refractivity contribution in [3.8, 4) is 5.88 Å². The number of ether oxygens (including phenoxy) is 1. The lowest BCUT2D eigenvalue weighted by Crippen LogP contribution is -2.21. The van der Waals surface area contributed by atoms with Crippen LogP contribution in [0.5, 0.6) is 5.88 Å². The highest BCUT2D eigenvalue weighted by atomic mass is 16.5. The summed E-state index contributed by atoms with van der Waals surface area (Å²) in [7, 11) is 1.89. The summed E-state index contributed by atoms with van der Waals surface area (Å²) in [4.78, 5) is 12.2. The fourth-order valence-electron chi connectivity index (χ4n) is 2.53. The van der Waals surface area contributed by atoms with Crippen LogP contribution in [0.3, 0.4) is 0 Å². The number of nitrogens with one attached hydrogen (secondary N) is 1. The number of fused-ring (bicyclic) bond motifs is 1. The van der Waals surface area contributed by atoms with Gasteiger partial charge >= 0.3 is 0 Å². The van der Waals surface area contributed by atoms with Gasteiger partial charge in [-0.2, -0.15) is 0 Å². The van der Waals surface area contributed by atoms with Crippen LogP contribution in [0.4, 0.5) is 5.69 Å².